The van der Waals surface area contributed by atoms with Crippen LogP contribution < -0.4 is 15.4 Å². The van der Waals surface area contributed by atoms with Gasteiger partial charge in [-0.25, -0.2) is 9.67 Å². The van der Waals surface area contributed by atoms with Crippen molar-refractivity contribution in [3.8, 4) is 5.75 Å². The highest BCUT2D eigenvalue weighted by Crippen LogP contribution is 2.26. The molecule has 2 N–H and O–H groups in total. The van der Waals surface area contributed by atoms with Crippen molar-refractivity contribution in [1.82, 2.24) is 20.1 Å². The Morgan fingerprint density at radius 3 is 3.25 bits per heavy atom. The molecule has 0 saturated heterocycles. The van der Waals surface area contributed by atoms with Gasteiger partial charge >= 0.3 is 0 Å². The molecule has 0 saturated carbocycles. The lowest BCUT2D eigenvalue weighted by atomic mass is 10.0. The number of amides is 1. The molecule has 0 unspecified atom stereocenters. The van der Waals surface area contributed by atoms with Crippen LogP contribution in [0, 0.1) is 0 Å². The number of fused-ring (bicyclic) bond motifs is 2. The van der Waals surface area contributed by atoms with E-state index in [9.17, 15) is 4.79 Å². The molecule has 4 rings (SSSR count). The highest BCUT2D eigenvalue weighted by atomic mass is 16.5. The van der Waals surface area contributed by atoms with Gasteiger partial charge in [0, 0.05) is 31.1 Å². The summed E-state index contributed by atoms with van der Waals surface area (Å²) in [6.45, 7) is 2.28. The van der Waals surface area contributed by atoms with E-state index in [1.165, 1.54) is 0 Å². The third-order valence-corrected chi connectivity index (χ3v) is 4.58. The Kier molecular flexibility index (Phi) is 4.17. The first-order valence-corrected chi connectivity index (χ1v) is 8.43. The summed E-state index contributed by atoms with van der Waals surface area (Å²) in [6.07, 6.45) is 4.99. The number of hydrogen-bond acceptors (Lipinski definition) is 5. The van der Waals surface area contributed by atoms with Gasteiger partial charge in [0.1, 0.15) is 24.5 Å². The number of nitrogens with zero attached hydrogens (tertiary/aromatic N) is 3. The molecule has 3 heterocycles. The zero-order valence-corrected chi connectivity index (χ0v) is 13.5. The van der Waals surface area contributed by atoms with Crippen molar-refractivity contribution >= 4 is 11.6 Å². The zero-order chi connectivity index (χ0) is 16.4. The molecule has 1 amide bonds. The SMILES string of the molecule is O=C1CCc2cc(OCCN[C@@H]3CCc4ncnn4C3)ccc2N1. The van der Waals surface area contributed by atoms with Crippen LogP contribution in [0.25, 0.3) is 0 Å². The summed E-state index contributed by atoms with van der Waals surface area (Å²) in [4.78, 5) is 15.6. The van der Waals surface area contributed by atoms with E-state index >= 15 is 0 Å². The van der Waals surface area contributed by atoms with Gasteiger partial charge in [0.25, 0.3) is 0 Å². The maximum absolute atomic E-state index is 11.4. The second kappa shape index (κ2) is 6.60. The third-order valence-electron chi connectivity index (χ3n) is 4.58. The summed E-state index contributed by atoms with van der Waals surface area (Å²) in [5.74, 6) is 2.02. The fourth-order valence-corrected chi connectivity index (χ4v) is 3.29. The summed E-state index contributed by atoms with van der Waals surface area (Å²) >= 11 is 0. The lowest BCUT2D eigenvalue weighted by Crippen LogP contribution is -2.39. The Balaban J connectivity index is 1.24. The Labute approximate surface area is 140 Å². The maximum Gasteiger partial charge on any atom is 0.224 e. The highest BCUT2D eigenvalue weighted by molar-refractivity contribution is 5.93. The minimum atomic E-state index is 0.0865. The number of aryl methyl sites for hydroxylation is 2. The predicted octanol–water partition coefficient (Wildman–Crippen LogP) is 1.15. The van der Waals surface area contributed by atoms with Gasteiger partial charge in [0.05, 0.1) is 6.54 Å². The minimum absolute atomic E-state index is 0.0865. The van der Waals surface area contributed by atoms with Crippen LogP contribution in [0.2, 0.25) is 0 Å². The van der Waals surface area contributed by atoms with Crippen LogP contribution in [0.5, 0.6) is 5.75 Å². The number of nitrogens with one attached hydrogen (secondary N) is 2. The van der Waals surface area contributed by atoms with Gasteiger partial charge in [0.2, 0.25) is 5.91 Å². The first-order chi connectivity index (χ1) is 11.8. The van der Waals surface area contributed by atoms with Gasteiger partial charge in [-0.3, -0.25) is 4.79 Å². The number of hydrogen-bond donors (Lipinski definition) is 2. The van der Waals surface area contributed by atoms with Crippen LogP contribution in [0.1, 0.15) is 24.2 Å². The summed E-state index contributed by atoms with van der Waals surface area (Å²) in [5, 5.41) is 10.6. The van der Waals surface area contributed by atoms with Gasteiger partial charge in [-0.1, -0.05) is 0 Å². The van der Waals surface area contributed by atoms with Gasteiger partial charge in [-0.15, -0.1) is 0 Å². The lowest BCUT2D eigenvalue weighted by Gasteiger charge is -2.23. The molecule has 7 nitrogen and oxygen atoms in total. The Hall–Kier alpha value is -2.41. The van der Waals surface area contributed by atoms with E-state index < -0.39 is 0 Å². The van der Waals surface area contributed by atoms with Crippen molar-refractivity contribution < 1.29 is 9.53 Å². The molecular formula is C17H21N5O2. The van der Waals surface area contributed by atoms with Crippen molar-refractivity contribution in [3.63, 3.8) is 0 Å². The molecule has 0 fully saturated rings. The monoisotopic (exact) mass is 327 g/mol. The van der Waals surface area contributed by atoms with Gasteiger partial charge in [-0.05, 0) is 36.6 Å². The number of anilines is 1. The number of carbonyl (C=O) groups excluding carboxylic acids is 1. The summed E-state index contributed by atoms with van der Waals surface area (Å²) < 4.78 is 7.81. The minimum Gasteiger partial charge on any atom is -0.492 e. The lowest BCUT2D eigenvalue weighted by molar-refractivity contribution is -0.116. The fourth-order valence-electron chi connectivity index (χ4n) is 3.29. The zero-order valence-electron chi connectivity index (χ0n) is 13.5. The molecule has 0 radical (unpaired) electrons. The van der Waals surface area contributed by atoms with Crippen LogP contribution >= 0.6 is 0 Å². The van der Waals surface area contributed by atoms with Crippen molar-refractivity contribution in [3.05, 3.63) is 35.9 Å². The molecule has 0 spiro atoms. The number of rotatable bonds is 5. The van der Waals surface area contributed by atoms with E-state index in [4.69, 9.17) is 4.74 Å². The van der Waals surface area contributed by atoms with E-state index in [1.54, 1.807) is 6.33 Å². The Bertz CT molecular complexity index is 742. The fraction of sp³-hybridized carbons (Fsp3) is 0.471. The largest absolute Gasteiger partial charge is 0.492 e. The molecule has 7 heteroatoms. The average molecular weight is 327 g/mol. The topological polar surface area (TPSA) is 81.1 Å². The van der Waals surface area contributed by atoms with E-state index in [2.05, 4.69) is 20.7 Å². The molecule has 1 aromatic heterocycles. The van der Waals surface area contributed by atoms with Crippen molar-refractivity contribution in [2.45, 2.75) is 38.3 Å². The predicted molar refractivity (Wildman–Crippen MR) is 89.0 cm³/mol. The normalized spacial score (nSPS) is 19.3. The van der Waals surface area contributed by atoms with Gasteiger partial charge in [0.15, 0.2) is 0 Å². The molecule has 24 heavy (non-hydrogen) atoms. The first kappa shape index (κ1) is 15.1. The molecule has 0 aliphatic carbocycles. The number of benzene rings is 1. The van der Waals surface area contributed by atoms with Crippen LogP contribution in [-0.4, -0.2) is 39.9 Å². The second-order valence-electron chi connectivity index (χ2n) is 6.26. The van der Waals surface area contributed by atoms with Gasteiger partial charge in [-0.2, -0.15) is 5.10 Å². The number of carbonyl (C=O) groups is 1. The van der Waals surface area contributed by atoms with Crippen molar-refractivity contribution in [2.75, 3.05) is 18.5 Å². The molecule has 0 bridgehead atoms. The van der Waals surface area contributed by atoms with E-state index in [1.807, 2.05) is 22.9 Å². The summed E-state index contributed by atoms with van der Waals surface area (Å²) in [7, 11) is 0. The molecule has 2 aromatic rings. The molecule has 1 aromatic carbocycles. The average Bonchev–Trinajstić information content (AvgIpc) is 3.06. The Morgan fingerprint density at radius 1 is 1.33 bits per heavy atom. The molecule has 2 aliphatic rings. The smallest absolute Gasteiger partial charge is 0.224 e. The molecule has 126 valence electrons. The van der Waals surface area contributed by atoms with Crippen LogP contribution in [-0.2, 0) is 24.2 Å². The van der Waals surface area contributed by atoms with E-state index in [0.717, 1.165) is 55.2 Å². The quantitative estimate of drug-likeness (QED) is 0.805. The molecule has 1 atom stereocenters. The summed E-state index contributed by atoms with van der Waals surface area (Å²) in [6, 6.07) is 6.27. The Morgan fingerprint density at radius 2 is 2.29 bits per heavy atom. The van der Waals surface area contributed by atoms with Crippen LogP contribution in [0.3, 0.4) is 0 Å². The first-order valence-electron chi connectivity index (χ1n) is 8.43. The number of aromatic nitrogens is 3. The van der Waals surface area contributed by atoms with Crippen LogP contribution in [0.15, 0.2) is 24.5 Å². The third kappa shape index (κ3) is 3.26. The second-order valence-corrected chi connectivity index (χ2v) is 6.26. The maximum atomic E-state index is 11.4. The summed E-state index contributed by atoms with van der Waals surface area (Å²) in [5.41, 5.74) is 2.05. The van der Waals surface area contributed by atoms with Crippen molar-refractivity contribution in [2.24, 2.45) is 0 Å². The highest BCUT2D eigenvalue weighted by Gasteiger charge is 2.19. The van der Waals surface area contributed by atoms with E-state index in [0.29, 0.717) is 19.1 Å². The molecular weight excluding hydrogens is 306 g/mol. The standard InChI is InChI=1S/C17H21N5O2/c23-17-6-1-12-9-14(3-4-15(12)21-17)24-8-7-18-13-2-5-16-19-11-20-22(16)10-13/h3-4,9,11,13,18H,1-2,5-8,10H2,(H,21,23)/t13-/m1/s1. The number of ether oxygens (including phenoxy) is 1. The van der Waals surface area contributed by atoms with Crippen molar-refractivity contribution in [1.29, 1.82) is 0 Å². The molecule has 2 aliphatic heterocycles. The van der Waals surface area contributed by atoms with Gasteiger partial charge < -0.3 is 15.4 Å². The van der Waals surface area contributed by atoms with Crippen LogP contribution in [0.4, 0.5) is 5.69 Å². The van der Waals surface area contributed by atoms with E-state index in [-0.39, 0.29) is 5.91 Å².